The second-order valence-electron chi connectivity index (χ2n) is 18.8. The smallest absolute Gasteiger partial charge is 0.326 e. The highest BCUT2D eigenvalue weighted by Gasteiger charge is 2.45. The third-order valence-corrected chi connectivity index (χ3v) is 14.3. The van der Waals surface area contributed by atoms with E-state index >= 15 is 4.79 Å². The van der Waals surface area contributed by atoms with E-state index in [1.165, 1.54) is 0 Å². The van der Waals surface area contributed by atoms with Crippen molar-refractivity contribution in [3.8, 4) is 34.1 Å². The Morgan fingerprint density at radius 2 is 1.34 bits per heavy atom. The van der Waals surface area contributed by atoms with E-state index in [0.717, 1.165) is 20.1 Å². The standard InChI is InChI=1S/C56H69Br2N17O8/c1-3-80-45-29-38(79-2)16-18-41(45)51-71-48(33-7-12-36(57)13-8-33)49(34-9-14-37(58)15-10-34)75(51)56(78)74-24-22-73(23-25-74)26-28-81-47(77)20-19-46(76)68-30-35-11-17-39(43(32-70-54(63)64)42(35)31-69-53(61)62)40-5-4-6-44(83-72-55(65)66)50(40)82-27-21-67-52(59)60/h4-18,29,48-49H,3,19-28,30-32H2,1-2H3,(H,68,76)(H4,59,60,67)(H4,61,62,69)(H4,63,64,70)(H4,65,66,72). The first-order chi connectivity index (χ1) is 39.9. The van der Waals surface area contributed by atoms with Crippen molar-refractivity contribution in [3.05, 3.63) is 139 Å². The summed E-state index contributed by atoms with van der Waals surface area (Å²) in [4.78, 5) is 70.8. The summed E-state index contributed by atoms with van der Waals surface area (Å²) in [5, 5.41) is 6.59. The minimum atomic E-state index is -0.543. The van der Waals surface area contributed by atoms with Gasteiger partial charge in [0.15, 0.2) is 23.6 Å². The maximum Gasteiger partial charge on any atom is 0.326 e. The number of aliphatic imine (C=N–C) groups is 4. The number of nitrogens with one attached hydrogen (secondary N) is 1. The number of para-hydroxylation sites is 1. The van der Waals surface area contributed by atoms with Crippen LogP contribution in [0.1, 0.15) is 65.2 Å². The number of hydrogen-bond donors (Lipinski definition) is 9. The molecule has 0 aromatic heterocycles. The zero-order valence-electron chi connectivity index (χ0n) is 46.0. The van der Waals surface area contributed by atoms with Gasteiger partial charge in [-0.2, -0.15) is 0 Å². The first-order valence-corrected chi connectivity index (χ1v) is 28.0. The number of carbonyl (C=O) groups is 3. The number of nitrogens with two attached hydrogens (primary N) is 8. The quantitative estimate of drug-likeness (QED) is 0.0131. The molecule has 0 aliphatic carbocycles. The molecule has 83 heavy (non-hydrogen) atoms. The lowest BCUT2D eigenvalue weighted by Crippen LogP contribution is -2.54. The summed E-state index contributed by atoms with van der Waals surface area (Å²) in [6.45, 7) is 4.72. The Morgan fingerprint density at radius 3 is 1.98 bits per heavy atom. The van der Waals surface area contributed by atoms with Gasteiger partial charge in [0.05, 0.1) is 51.4 Å². The average Bonchev–Trinajstić information content (AvgIpc) is 4.05. The number of guanidine groups is 4. The van der Waals surface area contributed by atoms with Crippen LogP contribution in [0, 0.1) is 0 Å². The first-order valence-electron chi connectivity index (χ1n) is 26.4. The molecular formula is C56H69Br2N17O8. The molecule has 1 fully saturated rings. The third kappa shape index (κ3) is 16.9. The summed E-state index contributed by atoms with van der Waals surface area (Å²) in [5.41, 5.74) is 50.8. The fraction of sp³-hybridized carbons (Fsp3) is 0.321. The number of halogens is 2. The van der Waals surface area contributed by atoms with Crippen molar-refractivity contribution >= 4 is 79.4 Å². The zero-order chi connectivity index (χ0) is 59.6. The molecule has 1 saturated heterocycles. The normalized spacial score (nSPS) is 14.8. The molecule has 0 radical (unpaired) electrons. The van der Waals surface area contributed by atoms with Crippen molar-refractivity contribution in [2.45, 2.75) is 51.5 Å². The van der Waals surface area contributed by atoms with Gasteiger partial charge >= 0.3 is 12.0 Å². The number of rotatable bonds is 25. The third-order valence-electron chi connectivity index (χ3n) is 13.3. The maximum absolute atomic E-state index is 15.1. The Kier molecular flexibility index (Phi) is 22.2. The van der Waals surface area contributed by atoms with Crippen molar-refractivity contribution < 1.29 is 38.2 Å². The highest BCUT2D eigenvalue weighted by atomic mass is 79.9. The van der Waals surface area contributed by atoms with Crippen molar-refractivity contribution in [3.63, 3.8) is 0 Å². The molecule has 5 aromatic rings. The van der Waals surface area contributed by atoms with E-state index in [1.807, 2.05) is 78.6 Å². The lowest BCUT2D eigenvalue weighted by atomic mass is 9.91. The maximum atomic E-state index is 15.1. The van der Waals surface area contributed by atoms with E-state index < -0.39 is 24.0 Å². The highest BCUT2D eigenvalue weighted by Crippen LogP contribution is 2.46. The summed E-state index contributed by atoms with van der Waals surface area (Å²) < 4.78 is 25.3. The molecule has 2 aliphatic rings. The fourth-order valence-corrected chi connectivity index (χ4v) is 9.90. The molecule has 7 rings (SSSR count). The number of amides is 3. The Morgan fingerprint density at radius 1 is 0.687 bits per heavy atom. The van der Waals surface area contributed by atoms with E-state index in [4.69, 9.17) is 74.6 Å². The Bertz CT molecular complexity index is 3230. The Hall–Kier alpha value is -8.82. The minimum Gasteiger partial charge on any atom is -0.497 e. The molecular weight excluding hydrogens is 1200 g/mol. The summed E-state index contributed by atoms with van der Waals surface area (Å²) in [7, 11) is 1.59. The molecule has 0 spiro atoms. The van der Waals surface area contributed by atoms with Gasteiger partial charge in [-0.3, -0.25) is 29.4 Å². The molecule has 17 N–H and O–H groups in total. The SMILES string of the molecule is CCOc1cc(OC)ccc1C1=NC(c2ccc(Br)cc2)C(c2ccc(Br)cc2)N1C(=O)N1CCN(CCOC(=O)CCC(=O)NCc2ccc(-c3cccc(ON=C(N)N)c3OCCN=C(N)N)c(CN=C(N)N)c2CN=C(N)N)CC1. The summed E-state index contributed by atoms with van der Waals surface area (Å²) >= 11 is 7.16. The van der Waals surface area contributed by atoms with Crippen LogP contribution in [0.2, 0.25) is 0 Å². The van der Waals surface area contributed by atoms with Crippen LogP contribution in [0.15, 0.2) is 131 Å². The van der Waals surface area contributed by atoms with Gasteiger partial charge in [0.25, 0.3) is 0 Å². The van der Waals surface area contributed by atoms with Gasteiger partial charge in [-0.1, -0.05) is 80.4 Å². The number of nitrogens with zero attached hydrogens (tertiary/aromatic N) is 8. The van der Waals surface area contributed by atoms with E-state index in [1.54, 1.807) is 42.3 Å². The van der Waals surface area contributed by atoms with Crippen LogP contribution in [0.3, 0.4) is 0 Å². The minimum absolute atomic E-state index is 0.0145. The average molecular weight is 1270 g/mol. The second-order valence-corrected chi connectivity index (χ2v) is 20.7. The van der Waals surface area contributed by atoms with Gasteiger partial charge in [0.2, 0.25) is 17.6 Å². The number of urea groups is 1. The molecule has 0 saturated carbocycles. The van der Waals surface area contributed by atoms with Gasteiger partial charge in [-0.25, -0.2) is 14.8 Å². The predicted molar refractivity (Wildman–Crippen MR) is 325 cm³/mol. The monoisotopic (exact) mass is 1270 g/mol. The number of hydrogen-bond acceptors (Lipinski definition) is 14. The molecule has 2 atom stereocenters. The van der Waals surface area contributed by atoms with Crippen molar-refractivity contribution in [1.29, 1.82) is 0 Å². The summed E-state index contributed by atoms with van der Waals surface area (Å²) in [6, 6.07) is 28.9. The molecule has 440 valence electrons. The van der Waals surface area contributed by atoms with Crippen LogP contribution >= 0.6 is 31.9 Å². The Balaban J connectivity index is 0.992. The van der Waals surface area contributed by atoms with E-state index in [2.05, 4.69) is 62.2 Å². The van der Waals surface area contributed by atoms with Crippen LogP contribution in [0.25, 0.3) is 11.1 Å². The van der Waals surface area contributed by atoms with Crippen LogP contribution in [0.5, 0.6) is 23.0 Å². The van der Waals surface area contributed by atoms with Crippen molar-refractivity contribution in [1.82, 2.24) is 20.0 Å². The fourth-order valence-electron chi connectivity index (χ4n) is 9.37. The van der Waals surface area contributed by atoms with Gasteiger partial charge < -0.3 is 79.9 Å². The number of oxime groups is 1. The predicted octanol–water partition coefficient (Wildman–Crippen LogP) is 3.97. The second kappa shape index (κ2) is 29.8. The van der Waals surface area contributed by atoms with E-state index in [0.29, 0.717) is 90.0 Å². The number of benzene rings is 5. The molecule has 2 aliphatic heterocycles. The van der Waals surface area contributed by atoms with Gasteiger partial charge in [-0.05, 0) is 87.9 Å². The molecule has 3 amide bonds. The highest BCUT2D eigenvalue weighted by molar-refractivity contribution is 9.10. The largest absolute Gasteiger partial charge is 0.497 e. The van der Waals surface area contributed by atoms with Crippen LogP contribution < -0.4 is 70.2 Å². The number of ether oxygens (including phenoxy) is 4. The number of esters is 1. The number of amidine groups is 1. The first kappa shape index (κ1) is 61.8. The van der Waals surface area contributed by atoms with E-state index in [9.17, 15) is 9.59 Å². The zero-order valence-corrected chi connectivity index (χ0v) is 49.2. The number of piperazine rings is 1. The Labute approximate surface area is 497 Å². The lowest BCUT2D eigenvalue weighted by Gasteiger charge is -2.39. The van der Waals surface area contributed by atoms with Crippen LogP contribution in [0.4, 0.5) is 4.79 Å². The van der Waals surface area contributed by atoms with Crippen LogP contribution in [-0.4, -0.2) is 128 Å². The molecule has 2 heterocycles. The molecule has 2 unspecified atom stereocenters. The van der Waals surface area contributed by atoms with Gasteiger partial charge in [0.1, 0.15) is 36.6 Å². The van der Waals surface area contributed by atoms with Crippen molar-refractivity contribution in [2.24, 2.45) is 71.0 Å². The molecule has 27 heteroatoms. The molecule has 0 bridgehead atoms. The summed E-state index contributed by atoms with van der Waals surface area (Å²) in [6.07, 6.45) is -0.327. The van der Waals surface area contributed by atoms with Gasteiger partial charge in [0, 0.05) is 66.3 Å². The van der Waals surface area contributed by atoms with E-state index in [-0.39, 0.29) is 93.6 Å². The van der Waals surface area contributed by atoms with Gasteiger partial charge in [-0.15, -0.1) is 0 Å². The topological polar surface area (TPSA) is 389 Å². The number of carbonyl (C=O) groups excluding carboxylic acids is 3. The molecule has 5 aromatic carbocycles. The lowest BCUT2D eigenvalue weighted by molar-refractivity contribution is -0.145. The number of methoxy groups -OCH3 is 1. The molecule has 25 nitrogen and oxygen atoms in total. The van der Waals surface area contributed by atoms with Crippen molar-refractivity contribution in [2.75, 3.05) is 66.2 Å². The summed E-state index contributed by atoms with van der Waals surface area (Å²) in [5.74, 6) is 0.238. The van der Waals surface area contributed by atoms with Crippen LogP contribution in [-0.2, 0) is 34.0 Å².